The number of carbonyl (C=O) groups excluding carboxylic acids is 1. The molecular formula is C17H26N3O. The summed E-state index contributed by atoms with van der Waals surface area (Å²) in [6.07, 6.45) is 5.84. The first-order valence-corrected chi connectivity index (χ1v) is 8.02. The highest BCUT2D eigenvalue weighted by Gasteiger charge is 2.20. The molecule has 4 nitrogen and oxygen atoms in total. The second kappa shape index (κ2) is 8.80. The summed E-state index contributed by atoms with van der Waals surface area (Å²) in [5.41, 5.74) is 7.80. The molecule has 1 aromatic rings. The Morgan fingerprint density at radius 1 is 1.29 bits per heavy atom. The molecule has 0 spiro atoms. The molecule has 3 N–H and O–H groups in total. The summed E-state index contributed by atoms with van der Waals surface area (Å²) in [7, 11) is 0. The molecule has 1 atom stereocenters. The Morgan fingerprint density at radius 3 is 2.90 bits per heavy atom. The number of hydrogen-bond acceptors (Lipinski definition) is 2. The van der Waals surface area contributed by atoms with Crippen LogP contribution in [0.15, 0.2) is 24.3 Å². The fourth-order valence-electron chi connectivity index (χ4n) is 2.81. The quantitative estimate of drug-likeness (QED) is 0.717. The van der Waals surface area contributed by atoms with Crippen LogP contribution >= 0.6 is 0 Å². The van der Waals surface area contributed by atoms with Crippen LogP contribution in [0.4, 0.5) is 0 Å². The highest BCUT2D eigenvalue weighted by molar-refractivity contribution is 5.78. The summed E-state index contributed by atoms with van der Waals surface area (Å²) < 4.78 is 0. The largest absolute Gasteiger partial charge is 0.356 e. The molecular weight excluding hydrogens is 262 g/mol. The van der Waals surface area contributed by atoms with E-state index in [1.165, 1.54) is 5.56 Å². The van der Waals surface area contributed by atoms with Gasteiger partial charge in [0.1, 0.15) is 0 Å². The van der Waals surface area contributed by atoms with Gasteiger partial charge in [-0.2, -0.15) is 0 Å². The van der Waals surface area contributed by atoms with E-state index in [-0.39, 0.29) is 5.91 Å². The van der Waals surface area contributed by atoms with Gasteiger partial charge in [-0.15, -0.1) is 0 Å². The van der Waals surface area contributed by atoms with E-state index < -0.39 is 0 Å². The van der Waals surface area contributed by atoms with Gasteiger partial charge in [0.2, 0.25) is 5.91 Å². The molecule has 21 heavy (non-hydrogen) atoms. The number of carbonyl (C=O) groups is 1. The van der Waals surface area contributed by atoms with Gasteiger partial charge in [0, 0.05) is 19.1 Å². The van der Waals surface area contributed by atoms with E-state index in [0.29, 0.717) is 12.5 Å². The van der Waals surface area contributed by atoms with Gasteiger partial charge >= 0.3 is 0 Å². The minimum Gasteiger partial charge on any atom is -0.356 e. The summed E-state index contributed by atoms with van der Waals surface area (Å²) in [5, 5.41) is 7.62. The van der Waals surface area contributed by atoms with Gasteiger partial charge in [0.15, 0.2) is 0 Å². The van der Waals surface area contributed by atoms with E-state index in [0.717, 1.165) is 57.3 Å². The standard InChI is InChI=1S/C17H26N3O/c18-10-4-1-5-11-20-17(21)13-14-7-2-3-8-15(14)16-9-6-12-19-16/h2-3,7-8,16H,1,4-6,9-13,18H2,(H,20,21). The number of hydrogen-bond donors (Lipinski definition) is 2. The average Bonchev–Trinajstić information content (AvgIpc) is 3.02. The van der Waals surface area contributed by atoms with E-state index in [2.05, 4.69) is 22.8 Å². The van der Waals surface area contributed by atoms with Crippen molar-refractivity contribution in [1.29, 1.82) is 0 Å². The topological polar surface area (TPSA) is 69.2 Å². The van der Waals surface area contributed by atoms with Crippen molar-refractivity contribution in [3.63, 3.8) is 0 Å². The zero-order valence-electron chi connectivity index (χ0n) is 12.7. The summed E-state index contributed by atoms with van der Waals surface area (Å²) in [5.74, 6) is 0.105. The molecule has 0 saturated carbocycles. The van der Waals surface area contributed by atoms with Gasteiger partial charge in [0.05, 0.1) is 6.42 Å². The lowest BCUT2D eigenvalue weighted by molar-refractivity contribution is -0.120. The zero-order chi connectivity index (χ0) is 14.9. The van der Waals surface area contributed by atoms with E-state index >= 15 is 0 Å². The zero-order valence-corrected chi connectivity index (χ0v) is 12.7. The third kappa shape index (κ3) is 5.14. The van der Waals surface area contributed by atoms with E-state index in [4.69, 9.17) is 5.73 Å². The van der Waals surface area contributed by atoms with Crippen molar-refractivity contribution in [2.45, 2.75) is 44.6 Å². The van der Waals surface area contributed by atoms with Crippen LogP contribution in [0, 0.1) is 0 Å². The monoisotopic (exact) mass is 288 g/mol. The Kier molecular flexibility index (Phi) is 6.70. The predicted molar refractivity (Wildman–Crippen MR) is 85.0 cm³/mol. The molecule has 1 aliphatic heterocycles. The third-order valence-electron chi connectivity index (χ3n) is 3.95. The predicted octanol–water partition coefficient (Wildman–Crippen LogP) is 1.91. The van der Waals surface area contributed by atoms with Crippen LogP contribution in [0.1, 0.15) is 49.3 Å². The molecule has 1 saturated heterocycles. The lowest BCUT2D eigenvalue weighted by Crippen LogP contribution is -2.27. The summed E-state index contributed by atoms with van der Waals surface area (Å²) in [6.45, 7) is 2.42. The van der Waals surface area contributed by atoms with Crippen molar-refractivity contribution in [3.05, 3.63) is 35.4 Å². The van der Waals surface area contributed by atoms with Gasteiger partial charge in [-0.1, -0.05) is 30.7 Å². The Hall–Kier alpha value is -1.39. The number of nitrogens with two attached hydrogens (primary N) is 1. The number of amides is 1. The Balaban J connectivity index is 1.83. The SMILES string of the molecule is NCCCCCNC(=O)Cc1ccccc1C1CCC[N]1. The van der Waals surface area contributed by atoms with E-state index in [9.17, 15) is 4.79 Å². The Morgan fingerprint density at radius 2 is 2.14 bits per heavy atom. The van der Waals surface area contributed by atoms with Crippen LogP contribution < -0.4 is 16.4 Å². The minimum absolute atomic E-state index is 0.105. The highest BCUT2D eigenvalue weighted by Crippen LogP contribution is 2.27. The van der Waals surface area contributed by atoms with E-state index in [1.807, 2.05) is 12.1 Å². The molecule has 0 bridgehead atoms. The number of nitrogens with one attached hydrogen (secondary N) is 1. The molecule has 1 aliphatic rings. The fourth-order valence-corrected chi connectivity index (χ4v) is 2.81. The lowest BCUT2D eigenvalue weighted by Gasteiger charge is -2.14. The molecule has 1 radical (unpaired) electrons. The Labute approximate surface area is 127 Å². The molecule has 0 aliphatic carbocycles. The van der Waals surface area contributed by atoms with Gasteiger partial charge in [-0.3, -0.25) is 4.79 Å². The molecule has 1 aromatic carbocycles. The number of rotatable bonds is 8. The van der Waals surface area contributed by atoms with Crippen LogP contribution in [-0.4, -0.2) is 25.5 Å². The minimum atomic E-state index is 0.105. The van der Waals surface area contributed by atoms with Crippen molar-refractivity contribution >= 4 is 5.91 Å². The fraction of sp³-hybridized carbons (Fsp3) is 0.588. The third-order valence-corrected chi connectivity index (χ3v) is 3.95. The van der Waals surface area contributed by atoms with Crippen molar-refractivity contribution in [2.75, 3.05) is 19.6 Å². The first-order chi connectivity index (χ1) is 10.3. The first kappa shape index (κ1) is 16.0. The van der Waals surface area contributed by atoms with Crippen LogP contribution in [0.2, 0.25) is 0 Å². The van der Waals surface area contributed by atoms with Crippen molar-refractivity contribution < 1.29 is 4.79 Å². The summed E-state index contributed by atoms with van der Waals surface area (Å²) in [4.78, 5) is 12.0. The molecule has 1 heterocycles. The van der Waals surface area contributed by atoms with Crippen molar-refractivity contribution in [1.82, 2.24) is 10.6 Å². The number of nitrogens with zero attached hydrogens (tertiary/aromatic N) is 1. The van der Waals surface area contributed by atoms with Crippen LogP contribution in [0.3, 0.4) is 0 Å². The second-order valence-electron chi connectivity index (χ2n) is 5.64. The van der Waals surface area contributed by atoms with Crippen LogP contribution in [-0.2, 0) is 11.2 Å². The molecule has 115 valence electrons. The molecule has 0 aromatic heterocycles. The maximum atomic E-state index is 12.0. The number of unbranched alkanes of at least 4 members (excludes halogenated alkanes) is 2. The maximum absolute atomic E-state index is 12.0. The van der Waals surface area contributed by atoms with Gasteiger partial charge < -0.3 is 11.1 Å². The van der Waals surface area contributed by atoms with Crippen molar-refractivity contribution in [2.24, 2.45) is 5.73 Å². The summed E-state index contributed by atoms with van der Waals surface area (Å²) >= 11 is 0. The first-order valence-electron chi connectivity index (χ1n) is 8.02. The second-order valence-corrected chi connectivity index (χ2v) is 5.64. The smallest absolute Gasteiger partial charge is 0.224 e. The molecule has 4 heteroatoms. The summed E-state index contributed by atoms with van der Waals surface area (Å²) in [6, 6.07) is 8.50. The van der Waals surface area contributed by atoms with Gasteiger partial charge in [0.25, 0.3) is 0 Å². The lowest BCUT2D eigenvalue weighted by atomic mass is 9.97. The normalized spacial score (nSPS) is 17.9. The average molecular weight is 288 g/mol. The van der Waals surface area contributed by atoms with Gasteiger partial charge in [-0.05, 0) is 43.4 Å². The molecule has 2 rings (SSSR count). The van der Waals surface area contributed by atoms with Crippen molar-refractivity contribution in [3.8, 4) is 0 Å². The van der Waals surface area contributed by atoms with Gasteiger partial charge in [-0.25, -0.2) is 5.32 Å². The maximum Gasteiger partial charge on any atom is 0.224 e. The molecule has 1 fully saturated rings. The number of benzene rings is 1. The highest BCUT2D eigenvalue weighted by atomic mass is 16.1. The molecule has 1 amide bonds. The molecule has 1 unspecified atom stereocenters. The van der Waals surface area contributed by atoms with E-state index in [1.54, 1.807) is 0 Å². The Bertz CT molecular complexity index is 441. The van der Waals surface area contributed by atoms with Crippen LogP contribution in [0.25, 0.3) is 0 Å². The van der Waals surface area contributed by atoms with Crippen LogP contribution in [0.5, 0.6) is 0 Å².